The van der Waals surface area contributed by atoms with Gasteiger partial charge in [-0.15, -0.1) is 0 Å². The molecule has 0 spiro atoms. The van der Waals surface area contributed by atoms with Gasteiger partial charge in [0.2, 0.25) is 0 Å². The standard InChI is InChI=1S/C27H45N3O3/c1-6-30(16-15-28-5)25(32)33-29-18(2)22-9-10-23-21-8-7-19-17-20(31)11-13-26(19,3)24(21)12-14-27(22,23)4/h19,21-24,28H,6-17H2,1-5H3/b29-18+/t19-,21+,22-,23+,24+,26+,27-/m1/s1. The minimum absolute atomic E-state index is 0.241. The molecule has 0 aliphatic heterocycles. The molecule has 4 saturated carbocycles. The molecule has 33 heavy (non-hydrogen) atoms. The van der Waals surface area contributed by atoms with E-state index in [0.29, 0.717) is 36.1 Å². The van der Waals surface area contributed by atoms with E-state index in [1.54, 1.807) is 4.90 Å². The van der Waals surface area contributed by atoms with Crippen LogP contribution in [-0.2, 0) is 9.63 Å². The van der Waals surface area contributed by atoms with Crippen LogP contribution < -0.4 is 5.32 Å². The maximum atomic E-state index is 12.5. The number of carbonyl (C=O) groups excluding carboxylic acids is 2. The van der Waals surface area contributed by atoms with Gasteiger partial charge in [-0.05, 0) is 100 Å². The average molecular weight is 460 g/mol. The van der Waals surface area contributed by atoms with Gasteiger partial charge in [0.05, 0.1) is 5.71 Å². The maximum absolute atomic E-state index is 12.5. The van der Waals surface area contributed by atoms with Crippen molar-refractivity contribution in [3.63, 3.8) is 0 Å². The van der Waals surface area contributed by atoms with Gasteiger partial charge in [0.15, 0.2) is 0 Å². The fourth-order valence-corrected chi connectivity index (χ4v) is 8.59. The predicted molar refractivity (Wildman–Crippen MR) is 131 cm³/mol. The van der Waals surface area contributed by atoms with Crippen LogP contribution in [0.1, 0.15) is 85.5 Å². The lowest BCUT2D eigenvalue weighted by atomic mass is 9.44. The molecule has 1 N–H and O–H groups in total. The fraction of sp³-hybridized carbons (Fsp3) is 0.889. The summed E-state index contributed by atoms with van der Waals surface area (Å²) in [5.41, 5.74) is 1.58. The molecule has 0 bridgehead atoms. The number of hydrogen-bond donors (Lipinski definition) is 1. The SMILES string of the molecule is CCN(CCNC)C(=O)O/N=C(\C)[C@H]1CC[C@H]2[C@@H]3CC[C@@H]4CC(=O)CC[C@]4(C)[C@H]3CC[C@]12C. The molecule has 4 aliphatic rings. The number of fused-ring (bicyclic) bond motifs is 5. The molecule has 7 atom stereocenters. The molecule has 4 fully saturated rings. The third-order valence-electron chi connectivity index (χ3n) is 10.5. The Morgan fingerprint density at radius 1 is 1.12 bits per heavy atom. The number of nitrogens with zero attached hydrogens (tertiary/aromatic N) is 2. The van der Waals surface area contributed by atoms with Gasteiger partial charge >= 0.3 is 6.09 Å². The summed E-state index contributed by atoms with van der Waals surface area (Å²) in [7, 11) is 1.88. The van der Waals surface area contributed by atoms with Gasteiger partial charge in [-0.25, -0.2) is 4.79 Å². The van der Waals surface area contributed by atoms with Crippen molar-refractivity contribution in [1.29, 1.82) is 0 Å². The topological polar surface area (TPSA) is 71.0 Å². The number of amides is 1. The number of carbonyl (C=O) groups is 2. The lowest BCUT2D eigenvalue weighted by Gasteiger charge is -2.60. The predicted octanol–water partition coefficient (Wildman–Crippen LogP) is 5.27. The zero-order valence-corrected chi connectivity index (χ0v) is 21.5. The molecule has 0 aromatic carbocycles. The Labute approximate surface area is 200 Å². The Morgan fingerprint density at radius 2 is 1.88 bits per heavy atom. The number of Topliss-reactive ketones (excluding diaryl/α,β-unsaturated/α-hetero) is 1. The molecule has 1 amide bonds. The lowest BCUT2D eigenvalue weighted by Crippen LogP contribution is -2.53. The summed E-state index contributed by atoms with van der Waals surface area (Å²) in [5.74, 6) is 3.75. The number of ketones is 1. The molecule has 0 saturated heterocycles. The number of likely N-dealkylation sites (N-methyl/N-ethyl adjacent to an activating group) is 2. The Balaban J connectivity index is 1.45. The van der Waals surface area contributed by atoms with Crippen molar-refractivity contribution in [2.75, 3.05) is 26.7 Å². The monoisotopic (exact) mass is 459 g/mol. The van der Waals surface area contributed by atoms with E-state index in [1.165, 1.54) is 32.1 Å². The van der Waals surface area contributed by atoms with E-state index in [-0.39, 0.29) is 11.5 Å². The van der Waals surface area contributed by atoms with E-state index >= 15 is 0 Å². The molecular formula is C27H45N3O3. The molecular weight excluding hydrogens is 414 g/mol. The number of nitrogens with one attached hydrogen (secondary N) is 1. The van der Waals surface area contributed by atoms with E-state index in [2.05, 4.69) is 31.2 Å². The van der Waals surface area contributed by atoms with Gasteiger partial charge in [-0.3, -0.25) is 9.63 Å². The first-order chi connectivity index (χ1) is 15.7. The highest BCUT2D eigenvalue weighted by Gasteiger charge is 2.60. The minimum Gasteiger partial charge on any atom is -0.318 e. The quantitative estimate of drug-likeness (QED) is 0.334. The second-order valence-electron chi connectivity index (χ2n) is 11.8. The van der Waals surface area contributed by atoms with Crippen LogP contribution in [0, 0.1) is 40.4 Å². The smallest absolute Gasteiger partial charge is 0.318 e. The minimum atomic E-state index is -0.353. The Bertz CT molecular complexity index is 783. The molecule has 0 aromatic rings. The average Bonchev–Trinajstić information content (AvgIpc) is 3.15. The zero-order valence-electron chi connectivity index (χ0n) is 21.5. The number of oxime groups is 1. The first-order valence-electron chi connectivity index (χ1n) is 13.4. The van der Waals surface area contributed by atoms with Gasteiger partial charge in [-0.1, -0.05) is 19.0 Å². The van der Waals surface area contributed by atoms with Crippen LogP contribution in [0.25, 0.3) is 0 Å². The molecule has 4 rings (SSSR count). The van der Waals surface area contributed by atoms with Crippen molar-refractivity contribution in [3.05, 3.63) is 0 Å². The third-order valence-corrected chi connectivity index (χ3v) is 10.5. The van der Waals surface area contributed by atoms with Crippen molar-refractivity contribution in [2.24, 2.45) is 45.6 Å². The van der Waals surface area contributed by atoms with Gasteiger partial charge in [-0.2, -0.15) is 0 Å². The molecule has 186 valence electrons. The van der Waals surface area contributed by atoms with E-state index in [9.17, 15) is 9.59 Å². The number of rotatable bonds is 6. The molecule has 0 heterocycles. The van der Waals surface area contributed by atoms with Crippen molar-refractivity contribution in [3.8, 4) is 0 Å². The Hall–Kier alpha value is -1.43. The van der Waals surface area contributed by atoms with Crippen molar-refractivity contribution < 1.29 is 14.4 Å². The first kappa shape index (κ1) is 24.7. The highest BCUT2D eigenvalue weighted by molar-refractivity contribution is 5.85. The second-order valence-corrected chi connectivity index (χ2v) is 11.8. The molecule has 4 aliphatic carbocycles. The molecule has 6 heteroatoms. The first-order valence-corrected chi connectivity index (χ1v) is 13.4. The largest absolute Gasteiger partial charge is 0.436 e. The highest BCUT2D eigenvalue weighted by Crippen LogP contribution is 2.67. The number of hydrogen-bond acceptors (Lipinski definition) is 5. The van der Waals surface area contributed by atoms with Gasteiger partial charge in [0.25, 0.3) is 0 Å². The summed E-state index contributed by atoms with van der Waals surface area (Å²) in [4.78, 5) is 31.7. The van der Waals surface area contributed by atoms with E-state index < -0.39 is 0 Å². The van der Waals surface area contributed by atoms with Crippen LogP contribution in [-0.4, -0.2) is 49.2 Å². The van der Waals surface area contributed by atoms with Crippen LogP contribution in [0.3, 0.4) is 0 Å². The van der Waals surface area contributed by atoms with E-state index in [1.807, 2.05) is 14.0 Å². The molecule has 0 aromatic heterocycles. The normalized spacial score (nSPS) is 40.6. The summed E-state index contributed by atoms with van der Waals surface area (Å²) in [6.07, 6.45) is 9.78. The summed E-state index contributed by atoms with van der Waals surface area (Å²) >= 11 is 0. The fourth-order valence-electron chi connectivity index (χ4n) is 8.59. The lowest BCUT2D eigenvalue weighted by molar-refractivity contribution is -0.138. The molecule has 0 unspecified atom stereocenters. The van der Waals surface area contributed by atoms with Gasteiger partial charge < -0.3 is 10.2 Å². The van der Waals surface area contributed by atoms with E-state index in [0.717, 1.165) is 55.7 Å². The highest BCUT2D eigenvalue weighted by atomic mass is 16.7. The summed E-state index contributed by atoms with van der Waals surface area (Å²) in [5, 5.41) is 7.45. The maximum Gasteiger partial charge on any atom is 0.436 e. The Kier molecular flexibility index (Phi) is 7.24. The van der Waals surface area contributed by atoms with Crippen LogP contribution >= 0.6 is 0 Å². The van der Waals surface area contributed by atoms with Gasteiger partial charge in [0, 0.05) is 38.4 Å². The van der Waals surface area contributed by atoms with Crippen LogP contribution in [0.2, 0.25) is 0 Å². The van der Waals surface area contributed by atoms with E-state index in [4.69, 9.17) is 4.84 Å². The summed E-state index contributed by atoms with van der Waals surface area (Å²) in [6.45, 7) is 11.0. The van der Waals surface area contributed by atoms with Crippen LogP contribution in [0.5, 0.6) is 0 Å². The summed E-state index contributed by atoms with van der Waals surface area (Å²) in [6, 6.07) is 0. The van der Waals surface area contributed by atoms with Gasteiger partial charge in [0.1, 0.15) is 5.78 Å². The van der Waals surface area contributed by atoms with Crippen LogP contribution in [0.15, 0.2) is 5.16 Å². The van der Waals surface area contributed by atoms with Crippen molar-refractivity contribution in [2.45, 2.75) is 85.5 Å². The molecule has 0 radical (unpaired) electrons. The van der Waals surface area contributed by atoms with Crippen molar-refractivity contribution in [1.82, 2.24) is 10.2 Å². The second kappa shape index (κ2) is 9.67. The summed E-state index contributed by atoms with van der Waals surface area (Å²) < 4.78 is 0. The van der Waals surface area contributed by atoms with Crippen molar-refractivity contribution >= 4 is 17.6 Å². The van der Waals surface area contributed by atoms with Crippen LogP contribution in [0.4, 0.5) is 4.79 Å². The Morgan fingerprint density at radius 3 is 2.61 bits per heavy atom. The molecule has 6 nitrogen and oxygen atoms in total. The third kappa shape index (κ3) is 4.37. The zero-order chi connectivity index (χ0) is 23.8.